The van der Waals surface area contributed by atoms with Gasteiger partial charge in [-0.3, -0.25) is 4.79 Å². The molecule has 1 heterocycles. The summed E-state index contributed by atoms with van der Waals surface area (Å²) in [5.74, 6) is -0.920. The van der Waals surface area contributed by atoms with Crippen LogP contribution in [0.4, 0.5) is 18.0 Å². The highest BCUT2D eigenvalue weighted by Gasteiger charge is 2.54. The van der Waals surface area contributed by atoms with E-state index >= 15 is 0 Å². The van der Waals surface area contributed by atoms with Gasteiger partial charge in [-0.15, -0.1) is 0 Å². The van der Waals surface area contributed by atoms with Gasteiger partial charge >= 0.3 is 12.3 Å². The molecule has 1 rings (SSSR count). The SMILES string of the molecule is CCOC(=S)S[C@@H]1OC(=O)O[C@H]1C(NC(C)=O)C(F)(F)F. The summed E-state index contributed by atoms with van der Waals surface area (Å²) < 4.78 is 52.9. The van der Waals surface area contributed by atoms with Crippen LogP contribution in [0.5, 0.6) is 0 Å². The molecule has 1 aliphatic heterocycles. The van der Waals surface area contributed by atoms with Crippen LogP contribution in [0.2, 0.25) is 0 Å². The van der Waals surface area contributed by atoms with Gasteiger partial charge in [0.1, 0.15) is 0 Å². The van der Waals surface area contributed by atoms with Crippen LogP contribution in [0.1, 0.15) is 13.8 Å². The molecule has 1 aliphatic rings. The van der Waals surface area contributed by atoms with Gasteiger partial charge in [-0.05, 0) is 30.9 Å². The third-order valence-corrected chi connectivity index (χ3v) is 3.54. The second-order valence-electron chi connectivity index (χ2n) is 3.84. The van der Waals surface area contributed by atoms with Gasteiger partial charge in [0.25, 0.3) is 0 Å². The first-order valence-electron chi connectivity index (χ1n) is 5.69. The van der Waals surface area contributed by atoms with E-state index in [0.717, 1.165) is 6.92 Å². The average Bonchev–Trinajstić information content (AvgIpc) is 2.65. The van der Waals surface area contributed by atoms with Crippen molar-refractivity contribution in [3.05, 3.63) is 0 Å². The van der Waals surface area contributed by atoms with Crippen LogP contribution in [0.15, 0.2) is 0 Å². The molecule has 0 saturated carbocycles. The molecule has 0 aliphatic carbocycles. The number of ether oxygens (including phenoxy) is 3. The van der Waals surface area contributed by atoms with E-state index in [0.29, 0.717) is 11.8 Å². The van der Waals surface area contributed by atoms with Crippen molar-refractivity contribution in [2.75, 3.05) is 6.61 Å². The van der Waals surface area contributed by atoms with Crippen molar-refractivity contribution in [1.29, 1.82) is 0 Å². The minimum Gasteiger partial charge on any atom is -0.479 e. The minimum absolute atomic E-state index is 0.0884. The van der Waals surface area contributed by atoms with Crippen molar-refractivity contribution in [2.24, 2.45) is 0 Å². The molecule has 3 atom stereocenters. The molecule has 0 aromatic rings. The Labute approximate surface area is 127 Å². The van der Waals surface area contributed by atoms with Gasteiger partial charge in [-0.2, -0.15) is 13.2 Å². The summed E-state index contributed by atoms with van der Waals surface area (Å²) >= 11 is 5.38. The molecule has 1 unspecified atom stereocenters. The van der Waals surface area contributed by atoms with Crippen LogP contribution < -0.4 is 5.32 Å². The summed E-state index contributed by atoms with van der Waals surface area (Å²) in [6.07, 6.45) is -7.85. The largest absolute Gasteiger partial charge is 0.510 e. The number of hydrogen-bond acceptors (Lipinski definition) is 7. The Balaban J connectivity index is 2.90. The number of carbonyl (C=O) groups is 2. The number of cyclic esters (lactones) is 2. The summed E-state index contributed by atoms with van der Waals surface area (Å²) in [5.41, 5.74) is -1.37. The van der Waals surface area contributed by atoms with E-state index < -0.39 is 35.8 Å². The fraction of sp³-hybridized carbons (Fsp3) is 0.700. The molecule has 120 valence electrons. The van der Waals surface area contributed by atoms with Gasteiger partial charge in [0.2, 0.25) is 10.3 Å². The Morgan fingerprint density at radius 1 is 1.52 bits per heavy atom. The predicted molar refractivity (Wildman–Crippen MR) is 70.6 cm³/mol. The molecule has 0 radical (unpaired) electrons. The molecule has 1 N–H and O–H groups in total. The van der Waals surface area contributed by atoms with Crippen LogP contribution in [-0.4, -0.2) is 46.8 Å². The molecule has 11 heteroatoms. The van der Waals surface area contributed by atoms with Crippen LogP contribution in [-0.2, 0) is 19.0 Å². The maximum absolute atomic E-state index is 13.0. The smallest absolute Gasteiger partial charge is 0.479 e. The molecule has 21 heavy (non-hydrogen) atoms. The highest BCUT2D eigenvalue weighted by Crippen LogP contribution is 2.34. The lowest BCUT2D eigenvalue weighted by Gasteiger charge is -2.26. The predicted octanol–water partition coefficient (Wildman–Crippen LogP) is 1.97. The number of amides is 1. The lowest BCUT2D eigenvalue weighted by atomic mass is 10.1. The maximum Gasteiger partial charge on any atom is 0.510 e. The molecular weight excluding hydrogens is 335 g/mol. The van der Waals surface area contributed by atoms with E-state index in [9.17, 15) is 22.8 Å². The quantitative estimate of drug-likeness (QED) is 0.616. The van der Waals surface area contributed by atoms with Crippen molar-refractivity contribution < 1.29 is 37.0 Å². The summed E-state index contributed by atoms with van der Waals surface area (Å²) in [6, 6.07) is -2.40. The first kappa shape index (κ1) is 17.8. The van der Waals surface area contributed by atoms with Crippen LogP contribution in [0, 0.1) is 0 Å². The van der Waals surface area contributed by atoms with Crippen molar-refractivity contribution in [2.45, 2.75) is 37.6 Å². The Morgan fingerprint density at radius 2 is 2.14 bits per heavy atom. The van der Waals surface area contributed by atoms with E-state index in [1.165, 1.54) is 0 Å². The zero-order valence-corrected chi connectivity index (χ0v) is 12.6. The molecule has 0 bridgehead atoms. The summed E-state index contributed by atoms with van der Waals surface area (Å²) in [7, 11) is 0. The van der Waals surface area contributed by atoms with Crippen LogP contribution >= 0.6 is 24.0 Å². The van der Waals surface area contributed by atoms with E-state index in [4.69, 9.17) is 17.0 Å². The molecule has 1 fully saturated rings. The molecule has 1 amide bonds. The van der Waals surface area contributed by atoms with Crippen LogP contribution in [0.3, 0.4) is 0 Å². The average molecular weight is 347 g/mol. The number of alkyl halides is 3. The monoisotopic (exact) mass is 347 g/mol. The molecule has 0 spiro atoms. The molecule has 6 nitrogen and oxygen atoms in total. The van der Waals surface area contributed by atoms with E-state index in [1.807, 2.05) is 0 Å². The number of thioether (sulfide) groups is 1. The Hall–Kier alpha value is -1.23. The van der Waals surface area contributed by atoms with Gasteiger partial charge in [0.15, 0.2) is 17.6 Å². The number of hydrogen-bond donors (Lipinski definition) is 1. The summed E-state index contributed by atoms with van der Waals surface area (Å²) in [5, 5.41) is 1.70. The van der Waals surface area contributed by atoms with Gasteiger partial charge in [0, 0.05) is 6.92 Å². The van der Waals surface area contributed by atoms with Crippen LogP contribution in [0.25, 0.3) is 0 Å². The second-order valence-corrected chi connectivity index (χ2v) is 5.54. The number of halogens is 3. The zero-order valence-electron chi connectivity index (χ0n) is 10.9. The molecule has 1 saturated heterocycles. The topological polar surface area (TPSA) is 73.9 Å². The Kier molecular flexibility index (Phi) is 6.08. The zero-order chi connectivity index (χ0) is 16.2. The maximum atomic E-state index is 13.0. The van der Waals surface area contributed by atoms with Crippen molar-refractivity contribution in [3.63, 3.8) is 0 Å². The standard InChI is InChI=1S/C10H12F3NO5S2/c1-3-17-9(20)21-7-5(18-8(16)19-7)6(10(11,12)13)14-4(2)15/h5-7H,3H2,1-2H3,(H,14,15)/t5-,6?,7-/m0/s1. The fourth-order valence-electron chi connectivity index (χ4n) is 1.49. The van der Waals surface area contributed by atoms with Gasteiger partial charge in [-0.1, -0.05) is 0 Å². The minimum atomic E-state index is -4.82. The highest BCUT2D eigenvalue weighted by molar-refractivity contribution is 8.22. The molecule has 0 aromatic carbocycles. The highest BCUT2D eigenvalue weighted by atomic mass is 32.2. The third kappa shape index (κ3) is 5.23. The van der Waals surface area contributed by atoms with E-state index in [2.05, 4.69) is 9.47 Å². The fourth-order valence-corrected chi connectivity index (χ4v) is 2.74. The van der Waals surface area contributed by atoms with Gasteiger partial charge in [-0.25, -0.2) is 4.79 Å². The Morgan fingerprint density at radius 3 is 2.62 bits per heavy atom. The number of rotatable bonds is 4. The van der Waals surface area contributed by atoms with Crippen molar-refractivity contribution in [1.82, 2.24) is 5.32 Å². The van der Waals surface area contributed by atoms with Crippen molar-refractivity contribution in [3.8, 4) is 0 Å². The van der Waals surface area contributed by atoms with E-state index in [1.54, 1.807) is 12.2 Å². The lowest BCUT2D eigenvalue weighted by Crippen LogP contribution is -2.54. The number of carbonyl (C=O) groups excluding carboxylic acids is 2. The normalized spacial score (nSPS) is 23.0. The van der Waals surface area contributed by atoms with E-state index in [-0.39, 0.29) is 11.0 Å². The number of nitrogens with one attached hydrogen (secondary N) is 1. The lowest BCUT2D eigenvalue weighted by molar-refractivity contribution is -0.178. The molecular formula is C10H12F3NO5S2. The summed E-state index contributed by atoms with van der Waals surface area (Å²) in [6.45, 7) is 2.77. The van der Waals surface area contributed by atoms with Crippen molar-refractivity contribution >= 4 is 40.4 Å². The van der Waals surface area contributed by atoms with Gasteiger partial charge in [0.05, 0.1) is 6.61 Å². The first-order valence-corrected chi connectivity index (χ1v) is 6.98. The third-order valence-electron chi connectivity index (χ3n) is 2.23. The summed E-state index contributed by atoms with van der Waals surface area (Å²) in [4.78, 5) is 22.0. The first-order chi connectivity index (χ1) is 9.65. The second kappa shape index (κ2) is 7.16. The number of thiocarbonyl (C=S) groups is 1. The Bertz CT molecular complexity index is 431. The van der Waals surface area contributed by atoms with Gasteiger partial charge < -0.3 is 19.5 Å². The molecule has 0 aromatic heterocycles.